The second-order valence-electron chi connectivity index (χ2n) is 6.38. The molecule has 2 rings (SSSR count). The van der Waals surface area contributed by atoms with E-state index < -0.39 is 10.0 Å². The van der Waals surface area contributed by atoms with Crippen molar-refractivity contribution < 1.29 is 17.9 Å². The highest BCUT2D eigenvalue weighted by Gasteiger charge is 2.18. The summed E-state index contributed by atoms with van der Waals surface area (Å²) in [5.74, 6) is 0.540. The number of rotatable bonds is 10. The number of para-hydroxylation sites is 1. The molecule has 0 atom stereocenters. The number of amides is 1. The summed E-state index contributed by atoms with van der Waals surface area (Å²) in [5, 5.41) is 3.40. The standard InChI is InChI=1S/C20H25ClN2O4S/c1-16-6-3-4-7-19(16)23(28(2,25)26)14-5-8-20(24)22-13-15-27-18-11-9-17(21)10-12-18/h3-4,6-7,9-12H,5,8,13-15H2,1-2H3,(H,22,24). The molecule has 152 valence electrons. The zero-order valence-corrected chi connectivity index (χ0v) is 17.6. The fourth-order valence-electron chi connectivity index (χ4n) is 2.67. The Morgan fingerprint density at radius 1 is 1.14 bits per heavy atom. The zero-order chi connectivity index (χ0) is 20.6. The molecule has 0 bridgehead atoms. The Kier molecular flexibility index (Phi) is 8.14. The van der Waals surface area contributed by atoms with Crippen molar-refractivity contribution in [3.05, 3.63) is 59.1 Å². The van der Waals surface area contributed by atoms with Gasteiger partial charge in [-0.3, -0.25) is 9.10 Å². The predicted molar refractivity (Wildman–Crippen MR) is 113 cm³/mol. The van der Waals surface area contributed by atoms with Crippen LogP contribution in [0.4, 0.5) is 5.69 Å². The summed E-state index contributed by atoms with van der Waals surface area (Å²) in [6.07, 6.45) is 1.83. The molecular formula is C20H25ClN2O4S. The number of carbonyl (C=O) groups is 1. The lowest BCUT2D eigenvalue weighted by atomic mass is 10.2. The first-order chi connectivity index (χ1) is 13.3. The van der Waals surface area contributed by atoms with Gasteiger partial charge in [0.05, 0.1) is 18.5 Å². The Labute approximate surface area is 171 Å². The van der Waals surface area contributed by atoms with E-state index >= 15 is 0 Å². The molecule has 1 N–H and O–H groups in total. The van der Waals surface area contributed by atoms with Gasteiger partial charge in [0.1, 0.15) is 12.4 Å². The highest BCUT2D eigenvalue weighted by molar-refractivity contribution is 7.92. The molecule has 0 aliphatic heterocycles. The van der Waals surface area contributed by atoms with Crippen LogP contribution < -0.4 is 14.4 Å². The Morgan fingerprint density at radius 2 is 1.82 bits per heavy atom. The van der Waals surface area contributed by atoms with Crippen molar-refractivity contribution in [2.24, 2.45) is 0 Å². The largest absolute Gasteiger partial charge is 0.492 e. The van der Waals surface area contributed by atoms with Crippen molar-refractivity contribution in [1.82, 2.24) is 5.32 Å². The van der Waals surface area contributed by atoms with Gasteiger partial charge >= 0.3 is 0 Å². The number of aryl methyl sites for hydroxylation is 1. The number of nitrogens with zero attached hydrogens (tertiary/aromatic N) is 1. The van der Waals surface area contributed by atoms with E-state index in [9.17, 15) is 13.2 Å². The molecule has 6 nitrogen and oxygen atoms in total. The summed E-state index contributed by atoms with van der Waals surface area (Å²) in [4.78, 5) is 12.0. The molecule has 2 aromatic rings. The van der Waals surface area contributed by atoms with Crippen LogP contribution in [0.25, 0.3) is 0 Å². The topological polar surface area (TPSA) is 75.7 Å². The minimum atomic E-state index is -3.42. The van der Waals surface area contributed by atoms with Gasteiger partial charge in [0.25, 0.3) is 0 Å². The third-order valence-corrected chi connectivity index (χ3v) is 5.49. The molecular weight excluding hydrogens is 400 g/mol. The van der Waals surface area contributed by atoms with Gasteiger partial charge in [-0.1, -0.05) is 29.8 Å². The predicted octanol–water partition coefficient (Wildman–Crippen LogP) is 3.39. The van der Waals surface area contributed by atoms with Crippen LogP contribution in [0.15, 0.2) is 48.5 Å². The fraction of sp³-hybridized carbons (Fsp3) is 0.350. The molecule has 0 unspecified atom stereocenters. The van der Waals surface area contributed by atoms with Crippen LogP contribution in [0.1, 0.15) is 18.4 Å². The van der Waals surface area contributed by atoms with Gasteiger partial charge in [-0.05, 0) is 49.2 Å². The molecule has 0 fully saturated rings. The maximum atomic E-state index is 12.1. The first-order valence-corrected chi connectivity index (χ1v) is 11.2. The number of anilines is 1. The average molecular weight is 425 g/mol. The van der Waals surface area contributed by atoms with Gasteiger partial charge in [-0.2, -0.15) is 0 Å². The summed E-state index contributed by atoms with van der Waals surface area (Å²) in [6.45, 7) is 2.82. The molecule has 2 aromatic carbocycles. The Hall–Kier alpha value is -2.25. The smallest absolute Gasteiger partial charge is 0.232 e. The van der Waals surface area contributed by atoms with E-state index in [2.05, 4.69) is 5.32 Å². The van der Waals surface area contributed by atoms with Crippen molar-refractivity contribution in [3.8, 4) is 5.75 Å². The molecule has 0 aliphatic carbocycles. The quantitative estimate of drug-likeness (QED) is 0.593. The number of sulfonamides is 1. The average Bonchev–Trinajstić information content (AvgIpc) is 2.64. The van der Waals surface area contributed by atoms with E-state index in [0.717, 1.165) is 5.56 Å². The van der Waals surface area contributed by atoms with Crippen molar-refractivity contribution in [2.45, 2.75) is 19.8 Å². The van der Waals surface area contributed by atoms with Crippen molar-refractivity contribution in [1.29, 1.82) is 0 Å². The Balaban J connectivity index is 1.75. The molecule has 28 heavy (non-hydrogen) atoms. The van der Waals surface area contributed by atoms with E-state index in [-0.39, 0.29) is 18.9 Å². The van der Waals surface area contributed by atoms with Crippen LogP contribution in [0.3, 0.4) is 0 Å². The van der Waals surface area contributed by atoms with Crippen LogP contribution in [0.5, 0.6) is 5.75 Å². The molecule has 0 heterocycles. The molecule has 0 aromatic heterocycles. The maximum Gasteiger partial charge on any atom is 0.232 e. The number of hydrogen-bond acceptors (Lipinski definition) is 4. The third kappa shape index (κ3) is 7.05. The highest BCUT2D eigenvalue weighted by Crippen LogP contribution is 2.22. The normalized spacial score (nSPS) is 11.1. The monoisotopic (exact) mass is 424 g/mol. The molecule has 1 amide bonds. The molecule has 0 saturated heterocycles. The Morgan fingerprint density at radius 3 is 2.46 bits per heavy atom. The van der Waals surface area contributed by atoms with Gasteiger partial charge in [-0.25, -0.2) is 8.42 Å². The lowest BCUT2D eigenvalue weighted by molar-refractivity contribution is -0.121. The first kappa shape index (κ1) is 22.0. The van der Waals surface area contributed by atoms with E-state index in [1.54, 1.807) is 36.4 Å². The molecule has 8 heteroatoms. The number of benzene rings is 2. The van der Waals surface area contributed by atoms with Crippen LogP contribution in [0, 0.1) is 6.92 Å². The summed E-state index contributed by atoms with van der Waals surface area (Å²) in [5.41, 5.74) is 1.51. The summed E-state index contributed by atoms with van der Waals surface area (Å²) >= 11 is 5.81. The molecule has 0 radical (unpaired) electrons. The van der Waals surface area contributed by atoms with Crippen LogP contribution in [0.2, 0.25) is 5.02 Å². The molecule has 0 saturated carbocycles. The van der Waals surface area contributed by atoms with Gasteiger partial charge in [0, 0.05) is 18.0 Å². The summed E-state index contributed by atoms with van der Waals surface area (Å²) in [7, 11) is -3.42. The third-order valence-electron chi connectivity index (χ3n) is 4.06. The number of carbonyl (C=O) groups excluding carboxylic acids is 1. The highest BCUT2D eigenvalue weighted by atomic mass is 35.5. The SMILES string of the molecule is Cc1ccccc1N(CCCC(=O)NCCOc1ccc(Cl)cc1)S(C)(=O)=O. The fourth-order valence-corrected chi connectivity index (χ4v) is 3.82. The Bertz CT molecular complexity index is 885. The zero-order valence-electron chi connectivity index (χ0n) is 16.0. The lowest BCUT2D eigenvalue weighted by Gasteiger charge is -2.24. The second-order valence-corrected chi connectivity index (χ2v) is 8.72. The maximum absolute atomic E-state index is 12.1. The van der Waals surface area contributed by atoms with Gasteiger partial charge in [-0.15, -0.1) is 0 Å². The number of nitrogens with one attached hydrogen (secondary N) is 1. The van der Waals surface area contributed by atoms with Crippen LogP contribution in [-0.2, 0) is 14.8 Å². The van der Waals surface area contributed by atoms with Gasteiger partial charge in [0.15, 0.2) is 0 Å². The summed E-state index contributed by atoms with van der Waals surface area (Å²) < 4.78 is 31.1. The number of halogens is 1. The van der Waals surface area contributed by atoms with E-state index in [1.165, 1.54) is 10.6 Å². The first-order valence-electron chi connectivity index (χ1n) is 8.96. The van der Waals surface area contributed by atoms with Crippen molar-refractivity contribution in [2.75, 3.05) is 30.3 Å². The molecule has 0 aliphatic rings. The second kappa shape index (κ2) is 10.3. The van der Waals surface area contributed by atoms with Crippen LogP contribution in [-0.4, -0.2) is 40.3 Å². The minimum Gasteiger partial charge on any atom is -0.492 e. The lowest BCUT2D eigenvalue weighted by Crippen LogP contribution is -2.33. The van der Waals surface area contributed by atoms with Crippen molar-refractivity contribution in [3.63, 3.8) is 0 Å². The summed E-state index contributed by atoms with van der Waals surface area (Å²) in [6, 6.07) is 14.3. The molecule has 0 spiro atoms. The van der Waals surface area contributed by atoms with Gasteiger partial charge in [0.2, 0.25) is 15.9 Å². The van der Waals surface area contributed by atoms with Crippen molar-refractivity contribution >= 4 is 33.2 Å². The number of ether oxygens (including phenoxy) is 1. The van der Waals surface area contributed by atoms with Gasteiger partial charge < -0.3 is 10.1 Å². The van der Waals surface area contributed by atoms with E-state index in [0.29, 0.717) is 36.0 Å². The number of hydrogen-bond donors (Lipinski definition) is 1. The van der Waals surface area contributed by atoms with E-state index in [4.69, 9.17) is 16.3 Å². The minimum absolute atomic E-state index is 0.141. The van der Waals surface area contributed by atoms with Crippen LogP contribution >= 0.6 is 11.6 Å². The van der Waals surface area contributed by atoms with E-state index in [1.807, 2.05) is 19.1 Å².